The Labute approximate surface area is 164 Å². The van der Waals surface area contributed by atoms with Gasteiger partial charge < -0.3 is 0 Å². The van der Waals surface area contributed by atoms with Gasteiger partial charge in [-0.3, -0.25) is 4.55 Å². The summed E-state index contributed by atoms with van der Waals surface area (Å²) in [5.41, 5.74) is 5.40. The molecule has 0 atom stereocenters. The lowest BCUT2D eigenvalue weighted by molar-refractivity contribution is 0.483. The van der Waals surface area contributed by atoms with Gasteiger partial charge in [0, 0.05) is 5.39 Å². The van der Waals surface area contributed by atoms with E-state index in [2.05, 4.69) is 55.4 Å². The fraction of sp³-hybridized carbons (Fsp3) is 0.565. The Hall–Kier alpha value is -1.39. The highest BCUT2D eigenvalue weighted by molar-refractivity contribution is 7.86. The zero-order valence-corrected chi connectivity index (χ0v) is 19.0. The summed E-state index contributed by atoms with van der Waals surface area (Å²) in [7, 11) is -4.33. The number of hydrogen-bond acceptors (Lipinski definition) is 2. The van der Waals surface area contributed by atoms with Crippen LogP contribution >= 0.6 is 0 Å². The van der Waals surface area contributed by atoms with Crippen LogP contribution in [0.2, 0.25) is 0 Å². The molecular weight excluding hydrogens is 356 g/mol. The Morgan fingerprint density at radius 1 is 0.741 bits per heavy atom. The molecule has 0 fully saturated rings. The van der Waals surface area contributed by atoms with Crippen molar-refractivity contribution < 1.29 is 13.0 Å². The molecule has 150 valence electrons. The molecule has 0 aliphatic rings. The maximum Gasteiger partial charge on any atom is 0.295 e. The van der Waals surface area contributed by atoms with Crippen molar-refractivity contribution in [2.45, 2.75) is 90.9 Å². The summed E-state index contributed by atoms with van der Waals surface area (Å²) in [6.07, 6.45) is 0. The topological polar surface area (TPSA) is 54.4 Å². The molecule has 2 rings (SSSR count). The standard InChI is InChI=1S/C23H34O3S/c1-12(2)17-10-11-18-22(20(17)14(5)6)21(15(7)8)19(13(3)4)16(9)23(18)27(24,25)26/h10-15H,1-9H3,(H,24,25,26). The zero-order chi connectivity index (χ0) is 20.8. The van der Waals surface area contributed by atoms with E-state index in [9.17, 15) is 13.0 Å². The number of benzene rings is 2. The first kappa shape index (κ1) is 21.9. The molecule has 2 aromatic carbocycles. The van der Waals surface area contributed by atoms with Gasteiger partial charge >= 0.3 is 0 Å². The minimum absolute atomic E-state index is 0.0720. The Balaban J connectivity index is 3.34. The summed E-state index contributed by atoms with van der Waals surface area (Å²) in [4.78, 5) is 0.0720. The smallest absolute Gasteiger partial charge is 0.282 e. The van der Waals surface area contributed by atoms with Gasteiger partial charge in [0.15, 0.2) is 0 Å². The quantitative estimate of drug-likeness (QED) is 0.566. The van der Waals surface area contributed by atoms with E-state index < -0.39 is 10.1 Å². The Morgan fingerprint density at radius 2 is 1.22 bits per heavy atom. The average Bonchev–Trinajstić information content (AvgIpc) is 2.49. The van der Waals surface area contributed by atoms with E-state index in [4.69, 9.17) is 0 Å². The van der Waals surface area contributed by atoms with Crippen LogP contribution in [-0.4, -0.2) is 13.0 Å². The van der Waals surface area contributed by atoms with Crippen LogP contribution in [0.15, 0.2) is 17.0 Å². The third-order valence-corrected chi connectivity index (χ3v) is 6.48. The SMILES string of the molecule is Cc1c(C(C)C)c(C(C)C)c2c(C(C)C)c(C(C)C)ccc2c1S(=O)(=O)O. The minimum Gasteiger partial charge on any atom is -0.282 e. The summed E-state index contributed by atoms with van der Waals surface area (Å²) in [6.45, 7) is 19.0. The molecule has 0 unspecified atom stereocenters. The Bertz CT molecular complexity index is 965. The second-order valence-electron chi connectivity index (χ2n) is 8.87. The van der Waals surface area contributed by atoms with Gasteiger partial charge in [0.2, 0.25) is 0 Å². The van der Waals surface area contributed by atoms with Crippen LogP contribution in [0.5, 0.6) is 0 Å². The lowest BCUT2D eigenvalue weighted by Gasteiger charge is -2.28. The molecule has 0 bridgehead atoms. The molecule has 3 nitrogen and oxygen atoms in total. The molecule has 2 aromatic rings. The van der Waals surface area contributed by atoms with E-state index in [1.165, 1.54) is 16.7 Å². The van der Waals surface area contributed by atoms with Crippen molar-refractivity contribution in [3.8, 4) is 0 Å². The van der Waals surface area contributed by atoms with Gasteiger partial charge in [-0.15, -0.1) is 0 Å². The van der Waals surface area contributed by atoms with Crippen molar-refractivity contribution >= 4 is 20.9 Å². The fourth-order valence-corrected chi connectivity index (χ4v) is 5.52. The van der Waals surface area contributed by atoms with Gasteiger partial charge in [0.25, 0.3) is 10.1 Å². The minimum atomic E-state index is -4.33. The fourth-order valence-electron chi connectivity index (χ4n) is 4.58. The number of fused-ring (bicyclic) bond motifs is 1. The highest BCUT2D eigenvalue weighted by Crippen LogP contribution is 2.45. The molecule has 0 amide bonds. The molecule has 0 heterocycles. The van der Waals surface area contributed by atoms with Crippen molar-refractivity contribution in [2.24, 2.45) is 0 Å². The normalized spacial score (nSPS) is 13.0. The maximum absolute atomic E-state index is 12.4. The predicted molar refractivity (Wildman–Crippen MR) is 115 cm³/mol. The Kier molecular flexibility index (Phi) is 6.13. The van der Waals surface area contributed by atoms with E-state index in [1.54, 1.807) is 0 Å². The van der Waals surface area contributed by atoms with Gasteiger partial charge in [-0.05, 0) is 63.8 Å². The summed E-state index contributed by atoms with van der Waals surface area (Å²) >= 11 is 0. The molecule has 0 aliphatic heterocycles. The first-order chi connectivity index (χ1) is 12.3. The van der Waals surface area contributed by atoms with Crippen LogP contribution in [0.4, 0.5) is 0 Å². The molecule has 0 spiro atoms. The van der Waals surface area contributed by atoms with Crippen molar-refractivity contribution in [3.05, 3.63) is 39.9 Å². The highest BCUT2D eigenvalue weighted by Gasteiger charge is 2.29. The first-order valence-electron chi connectivity index (χ1n) is 9.90. The van der Waals surface area contributed by atoms with Crippen LogP contribution < -0.4 is 0 Å². The summed E-state index contributed by atoms with van der Waals surface area (Å²) in [5.74, 6) is 0.999. The summed E-state index contributed by atoms with van der Waals surface area (Å²) in [6, 6.07) is 3.93. The van der Waals surface area contributed by atoms with Gasteiger partial charge in [-0.1, -0.05) is 67.5 Å². The molecule has 4 heteroatoms. The van der Waals surface area contributed by atoms with E-state index in [0.29, 0.717) is 16.9 Å². The number of rotatable bonds is 5. The molecule has 0 aliphatic carbocycles. The van der Waals surface area contributed by atoms with Crippen LogP contribution in [0.25, 0.3) is 10.8 Å². The third-order valence-electron chi connectivity index (χ3n) is 5.44. The predicted octanol–water partition coefficient (Wildman–Crippen LogP) is 6.89. The molecule has 1 N–H and O–H groups in total. The van der Waals surface area contributed by atoms with E-state index in [1.807, 2.05) is 19.1 Å². The van der Waals surface area contributed by atoms with Crippen molar-refractivity contribution in [1.82, 2.24) is 0 Å². The molecule has 27 heavy (non-hydrogen) atoms. The molecule has 0 saturated carbocycles. The maximum atomic E-state index is 12.4. The van der Waals surface area contributed by atoms with E-state index in [-0.39, 0.29) is 22.6 Å². The van der Waals surface area contributed by atoms with Gasteiger partial charge in [-0.2, -0.15) is 8.42 Å². The molecule has 0 saturated heterocycles. The van der Waals surface area contributed by atoms with Crippen molar-refractivity contribution in [2.75, 3.05) is 0 Å². The summed E-state index contributed by atoms with van der Waals surface area (Å²) in [5, 5.41) is 1.67. The third kappa shape index (κ3) is 3.79. The van der Waals surface area contributed by atoms with E-state index in [0.717, 1.165) is 10.9 Å². The molecule has 0 radical (unpaired) electrons. The van der Waals surface area contributed by atoms with E-state index >= 15 is 0 Å². The number of hydrogen-bond donors (Lipinski definition) is 1. The van der Waals surface area contributed by atoms with Crippen molar-refractivity contribution in [3.63, 3.8) is 0 Å². The largest absolute Gasteiger partial charge is 0.295 e. The lowest BCUT2D eigenvalue weighted by atomic mass is 9.78. The second-order valence-corrected chi connectivity index (χ2v) is 10.2. The Morgan fingerprint density at radius 3 is 1.59 bits per heavy atom. The van der Waals surface area contributed by atoms with Crippen LogP contribution in [0, 0.1) is 6.92 Å². The van der Waals surface area contributed by atoms with Crippen LogP contribution in [0.1, 0.15) is 107 Å². The first-order valence-corrected chi connectivity index (χ1v) is 11.3. The summed E-state index contributed by atoms with van der Waals surface area (Å²) < 4.78 is 34.8. The average molecular weight is 391 g/mol. The monoisotopic (exact) mass is 390 g/mol. The zero-order valence-electron chi connectivity index (χ0n) is 18.1. The molecular formula is C23H34O3S. The van der Waals surface area contributed by atoms with Gasteiger partial charge in [-0.25, -0.2) is 0 Å². The molecule has 0 aromatic heterocycles. The van der Waals surface area contributed by atoms with Gasteiger partial charge in [0.05, 0.1) is 0 Å². The lowest BCUT2D eigenvalue weighted by Crippen LogP contribution is -2.13. The van der Waals surface area contributed by atoms with Crippen LogP contribution in [0.3, 0.4) is 0 Å². The second kappa shape index (κ2) is 7.56. The van der Waals surface area contributed by atoms with Gasteiger partial charge in [0.1, 0.15) is 4.90 Å². The van der Waals surface area contributed by atoms with Crippen molar-refractivity contribution in [1.29, 1.82) is 0 Å². The highest BCUT2D eigenvalue weighted by atomic mass is 32.2. The van der Waals surface area contributed by atoms with Crippen LogP contribution in [-0.2, 0) is 10.1 Å².